The maximum Gasteiger partial charge on any atom is 0.269 e. The third-order valence-electron chi connectivity index (χ3n) is 3.06. The second-order valence-corrected chi connectivity index (χ2v) is 5.28. The number of hydrazine groups is 1. The van der Waals surface area contributed by atoms with Gasteiger partial charge in [-0.05, 0) is 42.0 Å². The molecule has 3 N–H and O–H groups in total. The van der Waals surface area contributed by atoms with Crippen LogP contribution in [0.3, 0.4) is 0 Å². The molecule has 0 bridgehead atoms. The topological polar surface area (TPSA) is 62.4 Å². The highest BCUT2D eigenvalue weighted by atomic mass is 32.1. The highest BCUT2D eigenvalue weighted by molar-refractivity contribution is 7.80. The van der Waals surface area contributed by atoms with Gasteiger partial charge in [0.05, 0.1) is 0 Å². The maximum absolute atomic E-state index is 12.0. The van der Waals surface area contributed by atoms with Crippen molar-refractivity contribution in [2.45, 2.75) is 6.61 Å². The molecule has 6 heteroatoms. The average Bonchev–Trinajstić information content (AvgIpc) is 2.64. The number of carbonyl (C=O) groups excluding carboxylic acids is 1. The zero-order chi connectivity index (χ0) is 17.2. The molecule has 2 rings (SSSR count). The smallest absolute Gasteiger partial charge is 0.269 e. The molecule has 0 aliphatic carbocycles. The number of amides is 1. The molecular weight excluding hydrogens is 322 g/mol. The van der Waals surface area contributed by atoms with E-state index in [9.17, 15) is 4.79 Å². The van der Waals surface area contributed by atoms with Crippen molar-refractivity contribution in [2.75, 3.05) is 6.54 Å². The number of thiocarbonyl (C=S) groups is 1. The fraction of sp³-hybridized carbons (Fsp3) is 0.111. The third kappa shape index (κ3) is 5.73. The molecule has 1 amide bonds. The minimum absolute atomic E-state index is 0.285. The molecule has 2 aromatic carbocycles. The van der Waals surface area contributed by atoms with Crippen LogP contribution in [0.2, 0.25) is 0 Å². The lowest BCUT2D eigenvalue weighted by atomic mass is 10.2. The number of benzene rings is 2. The average molecular weight is 341 g/mol. The molecular formula is C18H19N3O2S. The molecule has 0 heterocycles. The Balaban J connectivity index is 1.81. The van der Waals surface area contributed by atoms with Crippen molar-refractivity contribution in [1.29, 1.82) is 0 Å². The SMILES string of the molecule is C=CCNC(=S)NNC(=O)c1ccc(OCc2ccccc2)cc1. The first-order chi connectivity index (χ1) is 11.7. The molecule has 124 valence electrons. The lowest BCUT2D eigenvalue weighted by molar-refractivity contribution is 0.0943. The lowest BCUT2D eigenvalue weighted by Gasteiger charge is -2.11. The van der Waals surface area contributed by atoms with Crippen molar-refractivity contribution in [3.8, 4) is 5.75 Å². The Morgan fingerprint density at radius 1 is 1.08 bits per heavy atom. The van der Waals surface area contributed by atoms with Crippen LogP contribution in [0.25, 0.3) is 0 Å². The first-order valence-corrected chi connectivity index (χ1v) is 7.81. The van der Waals surface area contributed by atoms with Crippen LogP contribution in [-0.2, 0) is 6.61 Å². The zero-order valence-corrected chi connectivity index (χ0v) is 13.9. The van der Waals surface area contributed by atoms with Crippen LogP contribution in [0.4, 0.5) is 0 Å². The van der Waals surface area contributed by atoms with Gasteiger partial charge in [0.25, 0.3) is 5.91 Å². The molecule has 0 spiro atoms. The molecule has 0 aromatic heterocycles. The van der Waals surface area contributed by atoms with Gasteiger partial charge in [-0.2, -0.15) is 0 Å². The van der Waals surface area contributed by atoms with Crippen molar-refractivity contribution >= 4 is 23.2 Å². The minimum Gasteiger partial charge on any atom is -0.489 e. The Morgan fingerprint density at radius 2 is 1.79 bits per heavy atom. The van der Waals surface area contributed by atoms with Gasteiger partial charge >= 0.3 is 0 Å². The Labute approximate surface area is 146 Å². The maximum atomic E-state index is 12.0. The van der Waals surface area contributed by atoms with E-state index in [-0.39, 0.29) is 5.91 Å². The molecule has 0 saturated heterocycles. The van der Waals surface area contributed by atoms with Gasteiger partial charge < -0.3 is 10.1 Å². The summed E-state index contributed by atoms with van der Waals surface area (Å²) in [6.45, 7) is 4.58. The standard InChI is InChI=1S/C18H19N3O2S/c1-2-12-19-18(24)21-20-17(22)15-8-10-16(11-9-15)23-13-14-6-4-3-5-7-14/h2-11H,1,12-13H2,(H,20,22)(H2,19,21,24). The molecule has 24 heavy (non-hydrogen) atoms. The van der Waals surface area contributed by atoms with Crippen LogP contribution in [0.5, 0.6) is 5.75 Å². The number of carbonyl (C=O) groups is 1. The van der Waals surface area contributed by atoms with E-state index in [2.05, 4.69) is 22.7 Å². The highest BCUT2D eigenvalue weighted by Gasteiger charge is 2.06. The molecule has 0 aliphatic heterocycles. The minimum atomic E-state index is -0.285. The van der Waals surface area contributed by atoms with Crippen LogP contribution in [0.15, 0.2) is 67.3 Å². The van der Waals surface area contributed by atoms with Gasteiger partial charge in [-0.3, -0.25) is 15.6 Å². The lowest BCUT2D eigenvalue weighted by Crippen LogP contribution is -2.46. The summed E-state index contributed by atoms with van der Waals surface area (Å²) in [5.74, 6) is 0.416. The molecule has 0 atom stereocenters. The second kappa shape index (κ2) is 9.32. The number of hydrogen-bond acceptors (Lipinski definition) is 3. The number of rotatable bonds is 6. The van der Waals surface area contributed by atoms with Crippen molar-refractivity contribution < 1.29 is 9.53 Å². The van der Waals surface area contributed by atoms with Crippen LogP contribution in [0.1, 0.15) is 15.9 Å². The number of hydrogen-bond donors (Lipinski definition) is 3. The summed E-state index contributed by atoms with van der Waals surface area (Å²) < 4.78 is 5.68. The molecule has 0 unspecified atom stereocenters. The van der Waals surface area contributed by atoms with E-state index in [1.807, 2.05) is 30.3 Å². The summed E-state index contributed by atoms with van der Waals surface area (Å²) in [5, 5.41) is 3.17. The first kappa shape index (κ1) is 17.5. The quantitative estimate of drug-likeness (QED) is 0.428. The fourth-order valence-corrected chi connectivity index (χ4v) is 1.97. The highest BCUT2D eigenvalue weighted by Crippen LogP contribution is 2.14. The van der Waals surface area contributed by atoms with Gasteiger partial charge in [0.2, 0.25) is 0 Å². The summed E-state index contributed by atoms with van der Waals surface area (Å²) in [7, 11) is 0. The molecule has 0 aliphatic rings. The van der Waals surface area contributed by atoms with Crippen LogP contribution in [0, 0.1) is 0 Å². The van der Waals surface area contributed by atoms with E-state index in [0.29, 0.717) is 29.6 Å². The van der Waals surface area contributed by atoms with Crippen LogP contribution < -0.4 is 20.9 Å². The zero-order valence-electron chi connectivity index (χ0n) is 13.1. The Hall–Kier alpha value is -2.86. The number of nitrogens with one attached hydrogen (secondary N) is 3. The molecule has 0 radical (unpaired) electrons. The van der Waals surface area contributed by atoms with Gasteiger partial charge in [0.1, 0.15) is 12.4 Å². The summed E-state index contributed by atoms with van der Waals surface area (Å²) in [6, 6.07) is 16.8. The number of ether oxygens (including phenoxy) is 1. The van der Waals surface area contributed by atoms with Gasteiger partial charge in [0, 0.05) is 12.1 Å². The largest absolute Gasteiger partial charge is 0.489 e. The molecule has 5 nitrogen and oxygen atoms in total. The van der Waals surface area contributed by atoms with Gasteiger partial charge in [-0.1, -0.05) is 36.4 Å². The Morgan fingerprint density at radius 3 is 2.46 bits per heavy atom. The predicted molar refractivity (Wildman–Crippen MR) is 98.6 cm³/mol. The van der Waals surface area contributed by atoms with Crippen molar-refractivity contribution in [3.63, 3.8) is 0 Å². The van der Waals surface area contributed by atoms with Gasteiger partial charge in [-0.25, -0.2) is 0 Å². The van der Waals surface area contributed by atoms with E-state index in [4.69, 9.17) is 17.0 Å². The van der Waals surface area contributed by atoms with E-state index in [1.165, 1.54) is 0 Å². The van der Waals surface area contributed by atoms with Gasteiger partial charge in [0.15, 0.2) is 5.11 Å². The second-order valence-electron chi connectivity index (χ2n) is 4.88. The van der Waals surface area contributed by atoms with Crippen molar-refractivity contribution in [2.24, 2.45) is 0 Å². The first-order valence-electron chi connectivity index (χ1n) is 7.41. The summed E-state index contributed by atoms with van der Waals surface area (Å²) in [5.41, 5.74) is 6.72. The normalized spacial score (nSPS) is 9.67. The predicted octanol–water partition coefficient (Wildman–Crippen LogP) is 2.56. The molecule has 0 saturated carbocycles. The molecule has 0 fully saturated rings. The third-order valence-corrected chi connectivity index (χ3v) is 3.31. The summed E-state index contributed by atoms with van der Waals surface area (Å²) in [6.07, 6.45) is 1.67. The molecule has 2 aromatic rings. The Bertz CT molecular complexity index is 687. The summed E-state index contributed by atoms with van der Waals surface area (Å²) >= 11 is 4.98. The van der Waals surface area contributed by atoms with Gasteiger partial charge in [-0.15, -0.1) is 6.58 Å². The van der Waals surface area contributed by atoms with Crippen molar-refractivity contribution in [1.82, 2.24) is 16.2 Å². The fourth-order valence-electron chi connectivity index (χ4n) is 1.84. The van der Waals surface area contributed by atoms with E-state index in [1.54, 1.807) is 30.3 Å². The van der Waals surface area contributed by atoms with Crippen LogP contribution >= 0.6 is 12.2 Å². The summed E-state index contributed by atoms with van der Waals surface area (Å²) in [4.78, 5) is 12.0. The van der Waals surface area contributed by atoms with E-state index < -0.39 is 0 Å². The van der Waals surface area contributed by atoms with Crippen LogP contribution in [-0.4, -0.2) is 17.6 Å². The van der Waals surface area contributed by atoms with E-state index >= 15 is 0 Å². The Kier molecular flexibility index (Phi) is 6.79. The van der Waals surface area contributed by atoms with Crippen molar-refractivity contribution in [3.05, 3.63) is 78.4 Å². The monoisotopic (exact) mass is 341 g/mol. The van der Waals surface area contributed by atoms with E-state index in [0.717, 1.165) is 5.56 Å².